The molecule has 3 rings (SSSR count). The molecule has 0 saturated heterocycles. The van der Waals surface area contributed by atoms with Gasteiger partial charge < -0.3 is 14.5 Å². The molecule has 0 aliphatic carbocycles. The van der Waals surface area contributed by atoms with Gasteiger partial charge in [0.05, 0.1) is 19.8 Å². The summed E-state index contributed by atoms with van der Waals surface area (Å²) in [6.45, 7) is 0.527. The van der Waals surface area contributed by atoms with Crippen LogP contribution < -0.4 is 10.1 Å². The van der Waals surface area contributed by atoms with Gasteiger partial charge in [0.25, 0.3) is 0 Å². The highest BCUT2D eigenvalue weighted by Crippen LogP contribution is 2.26. The summed E-state index contributed by atoms with van der Waals surface area (Å²) in [7, 11) is 1.62. The zero-order chi connectivity index (χ0) is 15.4. The number of amides is 1. The second-order valence-electron chi connectivity index (χ2n) is 5.06. The summed E-state index contributed by atoms with van der Waals surface area (Å²) in [6.07, 6.45) is 1.92. The molecule has 3 aromatic rings. The van der Waals surface area contributed by atoms with E-state index in [1.165, 1.54) is 0 Å². The highest BCUT2D eigenvalue weighted by Gasteiger charge is 2.11. The monoisotopic (exact) mass is 295 g/mol. The zero-order valence-electron chi connectivity index (χ0n) is 12.3. The minimum absolute atomic E-state index is 0.0330. The van der Waals surface area contributed by atoms with E-state index in [1.54, 1.807) is 13.4 Å². The van der Waals surface area contributed by atoms with Crippen molar-refractivity contribution in [2.24, 2.45) is 0 Å². The lowest BCUT2D eigenvalue weighted by atomic mass is 10.1. The average Bonchev–Trinajstić information content (AvgIpc) is 2.96. The van der Waals surface area contributed by atoms with Gasteiger partial charge in [-0.05, 0) is 23.8 Å². The van der Waals surface area contributed by atoms with E-state index in [1.807, 2.05) is 48.5 Å². The molecule has 0 unspecified atom stereocenters. The molecule has 0 radical (unpaired) electrons. The molecule has 0 fully saturated rings. The minimum atomic E-state index is -0.0330. The first-order valence-corrected chi connectivity index (χ1v) is 7.11. The molecule has 0 atom stereocenters. The molecule has 1 amide bonds. The number of carbonyl (C=O) groups excluding carboxylic acids is 1. The van der Waals surface area contributed by atoms with E-state index in [9.17, 15) is 4.79 Å². The van der Waals surface area contributed by atoms with E-state index in [4.69, 9.17) is 9.15 Å². The minimum Gasteiger partial charge on any atom is -0.497 e. The Kier molecular flexibility index (Phi) is 4.10. The van der Waals surface area contributed by atoms with Gasteiger partial charge in [-0.2, -0.15) is 0 Å². The largest absolute Gasteiger partial charge is 0.497 e. The van der Waals surface area contributed by atoms with Crippen LogP contribution in [0.4, 0.5) is 0 Å². The normalized spacial score (nSPS) is 10.6. The lowest BCUT2D eigenvalue weighted by Gasteiger charge is -2.05. The Morgan fingerprint density at radius 1 is 1.18 bits per heavy atom. The molecule has 0 aliphatic heterocycles. The van der Waals surface area contributed by atoms with Crippen molar-refractivity contribution in [1.82, 2.24) is 5.32 Å². The van der Waals surface area contributed by atoms with Gasteiger partial charge in [-0.15, -0.1) is 0 Å². The zero-order valence-corrected chi connectivity index (χ0v) is 12.3. The van der Waals surface area contributed by atoms with Crippen LogP contribution in [0, 0.1) is 0 Å². The first-order chi connectivity index (χ1) is 10.8. The number of carbonyl (C=O) groups is 1. The van der Waals surface area contributed by atoms with E-state index in [0.717, 1.165) is 27.8 Å². The van der Waals surface area contributed by atoms with Crippen LogP contribution >= 0.6 is 0 Å². The van der Waals surface area contributed by atoms with Gasteiger partial charge in [-0.25, -0.2) is 0 Å². The molecule has 112 valence electrons. The lowest BCUT2D eigenvalue weighted by molar-refractivity contribution is -0.120. The fraction of sp³-hybridized carbons (Fsp3) is 0.167. The summed E-state index contributed by atoms with van der Waals surface area (Å²) in [5.74, 6) is 0.717. The molecule has 2 aromatic carbocycles. The van der Waals surface area contributed by atoms with Crippen molar-refractivity contribution in [3.63, 3.8) is 0 Å². The highest BCUT2D eigenvalue weighted by molar-refractivity contribution is 5.88. The second kappa shape index (κ2) is 6.35. The third-order valence-electron chi connectivity index (χ3n) is 3.54. The number of nitrogens with one attached hydrogen (secondary N) is 1. The smallest absolute Gasteiger partial charge is 0.224 e. The van der Waals surface area contributed by atoms with Gasteiger partial charge in [-0.1, -0.05) is 30.3 Å². The summed E-state index contributed by atoms with van der Waals surface area (Å²) in [5.41, 5.74) is 2.70. The van der Waals surface area contributed by atoms with Crippen LogP contribution in [0.2, 0.25) is 0 Å². The van der Waals surface area contributed by atoms with E-state index >= 15 is 0 Å². The maximum absolute atomic E-state index is 12.1. The van der Waals surface area contributed by atoms with E-state index in [2.05, 4.69) is 5.32 Å². The molecule has 0 saturated carbocycles. The Balaban J connectivity index is 1.68. The number of furan rings is 1. The summed E-state index contributed by atoms with van der Waals surface area (Å²) in [5, 5.41) is 3.83. The molecule has 0 bridgehead atoms. The van der Waals surface area contributed by atoms with E-state index in [-0.39, 0.29) is 12.3 Å². The molecule has 0 aliphatic rings. The maximum Gasteiger partial charge on any atom is 0.224 e. The van der Waals surface area contributed by atoms with Crippen LogP contribution in [0.1, 0.15) is 11.1 Å². The van der Waals surface area contributed by atoms with Gasteiger partial charge >= 0.3 is 0 Å². The van der Waals surface area contributed by atoms with Crippen molar-refractivity contribution in [3.8, 4) is 5.75 Å². The molecule has 1 N–H and O–H groups in total. The van der Waals surface area contributed by atoms with Crippen LogP contribution in [-0.2, 0) is 17.8 Å². The molecule has 1 aromatic heterocycles. The van der Waals surface area contributed by atoms with Crippen molar-refractivity contribution in [2.75, 3.05) is 7.11 Å². The fourth-order valence-corrected chi connectivity index (χ4v) is 2.36. The third-order valence-corrected chi connectivity index (χ3v) is 3.54. The number of ether oxygens (including phenoxy) is 1. The Morgan fingerprint density at radius 3 is 2.77 bits per heavy atom. The number of hydrogen-bond acceptors (Lipinski definition) is 3. The number of methoxy groups -OCH3 is 1. The van der Waals surface area contributed by atoms with E-state index in [0.29, 0.717) is 6.54 Å². The van der Waals surface area contributed by atoms with Crippen LogP contribution in [0.15, 0.2) is 59.2 Å². The quantitative estimate of drug-likeness (QED) is 0.785. The average molecular weight is 295 g/mol. The summed E-state index contributed by atoms with van der Waals surface area (Å²) in [4.78, 5) is 12.1. The van der Waals surface area contributed by atoms with Crippen LogP contribution in [0.3, 0.4) is 0 Å². The molecular weight excluding hydrogens is 278 g/mol. The Morgan fingerprint density at radius 2 is 2.00 bits per heavy atom. The Hall–Kier alpha value is -2.75. The van der Waals surface area contributed by atoms with Gasteiger partial charge in [0.15, 0.2) is 0 Å². The third kappa shape index (κ3) is 3.11. The summed E-state index contributed by atoms with van der Waals surface area (Å²) >= 11 is 0. The number of fused-ring (bicyclic) bond motifs is 1. The molecule has 0 spiro atoms. The van der Waals surface area contributed by atoms with Gasteiger partial charge in [0.2, 0.25) is 5.91 Å². The predicted octanol–water partition coefficient (Wildman–Crippen LogP) is 3.30. The predicted molar refractivity (Wildman–Crippen MR) is 84.8 cm³/mol. The van der Waals surface area contributed by atoms with Crippen LogP contribution in [-0.4, -0.2) is 13.0 Å². The van der Waals surface area contributed by atoms with Crippen molar-refractivity contribution in [2.45, 2.75) is 13.0 Å². The number of rotatable bonds is 5. The van der Waals surface area contributed by atoms with Gasteiger partial charge in [0, 0.05) is 17.5 Å². The maximum atomic E-state index is 12.1. The van der Waals surface area contributed by atoms with Crippen LogP contribution in [0.25, 0.3) is 11.0 Å². The van der Waals surface area contributed by atoms with Crippen molar-refractivity contribution in [1.29, 1.82) is 0 Å². The van der Waals surface area contributed by atoms with Crippen LogP contribution in [0.5, 0.6) is 5.75 Å². The first-order valence-electron chi connectivity index (χ1n) is 7.11. The molecule has 1 heterocycles. The topological polar surface area (TPSA) is 51.5 Å². The van der Waals surface area contributed by atoms with Gasteiger partial charge in [0.1, 0.15) is 11.3 Å². The second-order valence-corrected chi connectivity index (χ2v) is 5.06. The number of hydrogen-bond donors (Lipinski definition) is 1. The Bertz CT molecular complexity index is 777. The standard InChI is InChI=1S/C18H17NO3/c1-21-15-7-8-17-16(10-15)14(12-22-17)9-18(20)19-11-13-5-3-2-4-6-13/h2-8,10,12H,9,11H2,1H3,(H,19,20). The summed E-state index contributed by atoms with van der Waals surface area (Å²) < 4.78 is 10.7. The SMILES string of the molecule is COc1ccc2occ(CC(=O)NCc3ccccc3)c2c1. The van der Waals surface area contributed by atoms with Crippen molar-refractivity contribution in [3.05, 3.63) is 65.9 Å². The summed E-state index contributed by atoms with van der Waals surface area (Å²) in [6, 6.07) is 15.4. The Labute approximate surface area is 128 Å². The lowest BCUT2D eigenvalue weighted by Crippen LogP contribution is -2.24. The molecular formula is C18H17NO3. The highest BCUT2D eigenvalue weighted by atomic mass is 16.5. The molecule has 4 heteroatoms. The fourth-order valence-electron chi connectivity index (χ4n) is 2.36. The van der Waals surface area contributed by atoms with Gasteiger partial charge in [-0.3, -0.25) is 4.79 Å². The molecule has 22 heavy (non-hydrogen) atoms. The first kappa shape index (κ1) is 14.2. The van der Waals surface area contributed by atoms with Crippen molar-refractivity contribution >= 4 is 16.9 Å². The van der Waals surface area contributed by atoms with E-state index < -0.39 is 0 Å². The number of benzene rings is 2. The van der Waals surface area contributed by atoms with Crippen molar-refractivity contribution < 1.29 is 13.9 Å². The molecule has 4 nitrogen and oxygen atoms in total.